The van der Waals surface area contributed by atoms with Crippen LogP contribution in [-0.2, 0) is 4.79 Å². The van der Waals surface area contributed by atoms with E-state index in [1.165, 1.54) is 12.1 Å². The number of nitro benzene ring substituents is 1. The first-order valence-electron chi connectivity index (χ1n) is 6.98. The third-order valence-electron chi connectivity index (χ3n) is 2.97. The van der Waals surface area contributed by atoms with Gasteiger partial charge in [0.2, 0.25) is 5.91 Å². The topological polar surface area (TPSA) is 84.3 Å². The van der Waals surface area contributed by atoms with Gasteiger partial charge in [0.25, 0.3) is 5.69 Å². The molecule has 0 saturated heterocycles. The number of hydrogen-bond donors (Lipinski definition) is 2. The summed E-state index contributed by atoms with van der Waals surface area (Å²) in [4.78, 5) is 22.2. The molecule has 1 amide bonds. The van der Waals surface area contributed by atoms with Gasteiger partial charge in [-0.15, -0.1) is 0 Å². The molecule has 0 saturated carbocycles. The van der Waals surface area contributed by atoms with E-state index in [1.807, 2.05) is 27.7 Å². The Morgan fingerprint density at radius 2 is 2.05 bits per heavy atom. The largest absolute Gasteiger partial charge is 0.350 e. The molecular formula is C15H23N3O3. The monoisotopic (exact) mass is 293 g/mol. The van der Waals surface area contributed by atoms with Gasteiger partial charge < -0.3 is 10.6 Å². The Hall–Kier alpha value is -1.95. The molecule has 0 heterocycles. The van der Waals surface area contributed by atoms with Crippen LogP contribution in [0.15, 0.2) is 24.3 Å². The highest BCUT2D eigenvalue weighted by molar-refractivity contribution is 5.76. The zero-order valence-corrected chi connectivity index (χ0v) is 13.0. The van der Waals surface area contributed by atoms with E-state index in [9.17, 15) is 14.9 Å². The number of non-ortho nitro benzene ring substituents is 1. The van der Waals surface area contributed by atoms with Crippen molar-refractivity contribution in [1.29, 1.82) is 0 Å². The number of rotatable bonds is 6. The summed E-state index contributed by atoms with van der Waals surface area (Å²) >= 11 is 0. The SMILES string of the molecule is CC(NC(=O)CCNC(C)(C)C)c1cccc([N+](=O)[O-])c1. The maximum atomic E-state index is 11.8. The second kappa shape index (κ2) is 7.17. The fraction of sp³-hybridized carbons (Fsp3) is 0.533. The average molecular weight is 293 g/mol. The first-order chi connectivity index (χ1) is 9.69. The minimum Gasteiger partial charge on any atom is -0.350 e. The lowest BCUT2D eigenvalue weighted by atomic mass is 10.1. The molecule has 0 aliphatic heterocycles. The molecule has 0 radical (unpaired) electrons. The van der Waals surface area contributed by atoms with E-state index in [4.69, 9.17) is 0 Å². The van der Waals surface area contributed by atoms with Gasteiger partial charge >= 0.3 is 0 Å². The zero-order chi connectivity index (χ0) is 16.0. The molecule has 1 atom stereocenters. The van der Waals surface area contributed by atoms with E-state index in [0.717, 1.165) is 5.56 Å². The van der Waals surface area contributed by atoms with Crippen LogP contribution in [0.4, 0.5) is 5.69 Å². The van der Waals surface area contributed by atoms with Crippen molar-refractivity contribution in [1.82, 2.24) is 10.6 Å². The van der Waals surface area contributed by atoms with E-state index >= 15 is 0 Å². The molecule has 116 valence electrons. The van der Waals surface area contributed by atoms with Crippen molar-refractivity contribution in [3.8, 4) is 0 Å². The maximum Gasteiger partial charge on any atom is 0.269 e. The Morgan fingerprint density at radius 1 is 1.38 bits per heavy atom. The number of carbonyl (C=O) groups excluding carboxylic acids is 1. The summed E-state index contributed by atoms with van der Waals surface area (Å²) in [5.74, 6) is -0.0780. The van der Waals surface area contributed by atoms with E-state index in [2.05, 4.69) is 10.6 Å². The fourth-order valence-electron chi connectivity index (χ4n) is 1.86. The molecule has 0 spiro atoms. The van der Waals surface area contributed by atoms with E-state index < -0.39 is 4.92 Å². The zero-order valence-electron chi connectivity index (χ0n) is 13.0. The van der Waals surface area contributed by atoms with Crippen LogP contribution in [0.25, 0.3) is 0 Å². The highest BCUT2D eigenvalue weighted by Gasteiger charge is 2.14. The average Bonchev–Trinajstić information content (AvgIpc) is 2.37. The second-order valence-electron chi connectivity index (χ2n) is 6.07. The number of nitrogens with zero attached hydrogens (tertiary/aromatic N) is 1. The molecule has 1 aromatic carbocycles. The first-order valence-corrected chi connectivity index (χ1v) is 6.98. The molecule has 6 nitrogen and oxygen atoms in total. The molecule has 0 aliphatic carbocycles. The summed E-state index contributed by atoms with van der Waals surface area (Å²) in [6.45, 7) is 8.52. The molecule has 1 rings (SSSR count). The van der Waals surface area contributed by atoms with Crippen LogP contribution in [0, 0.1) is 10.1 Å². The Bertz CT molecular complexity index is 509. The number of nitro groups is 1. The Morgan fingerprint density at radius 3 is 2.62 bits per heavy atom. The van der Waals surface area contributed by atoms with Gasteiger partial charge in [0.1, 0.15) is 0 Å². The first kappa shape index (κ1) is 17.1. The highest BCUT2D eigenvalue weighted by atomic mass is 16.6. The van der Waals surface area contributed by atoms with Crippen molar-refractivity contribution in [2.24, 2.45) is 0 Å². The standard InChI is InChI=1S/C15H23N3O3/c1-11(12-6-5-7-13(10-12)18(20)21)17-14(19)8-9-16-15(2,3)4/h5-7,10-11,16H,8-9H2,1-4H3,(H,17,19). The van der Waals surface area contributed by atoms with Crippen LogP contribution >= 0.6 is 0 Å². The molecule has 1 unspecified atom stereocenters. The van der Waals surface area contributed by atoms with Crippen molar-refractivity contribution in [2.75, 3.05) is 6.54 Å². The highest BCUT2D eigenvalue weighted by Crippen LogP contribution is 2.18. The smallest absolute Gasteiger partial charge is 0.269 e. The molecular weight excluding hydrogens is 270 g/mol. The molecule has 0 aliphatic rings. The number of benzene rings is 1. The van der Waals surface area contributed by atoms with Crippen molar-refractivity contribution in [2.45, 2.75) is 45.7 Å². The predicted octanol–water partition coefficient (Wildman–Crippen LogP) is 2.55. The van der Waals surface area contributed by atoms with Crippen LogP contribution < -0.4 is 10.6 Å². The van der Waals surface area contributed by atoms with Crippen molar-refractivity contribution in [3.05, 3.63) is 39.9 Å². The van der Waals surface area contributed by atoms with Gasteiger partial charge in [-0.1, -0.05) is 12.1 Å². The van der Waals surface area contributed by atoms with Crippen molar-refractivity contribution >= 4 is 11.6 Å². The van der Waals surface area contributed by atoms with Gasteiger partial charge in [-0.05, 0) is 33.3 Å². The van der Waals surface area contributed by atoms with Crippen molar-refractivity contribution in [3.63, 3.8) is 0 Å². The van der Waals surface area contributed by atoms with Gasteiger partial charge in [-0.25, -0.2) is 0 Å². The Labute approximate surface area is 125 Å². The second-order valence-corrected chi connectivity index (χ2v) is 6.07. The number of amides is 1. The lowest BCUT2D eigenvalue weighted by molar-refractivity contribution is -0.384. The van der Waals surface area contributed by atoms with Crippen molar-refractivity contribution < 1.29 is 9.72 Å². The van der Waals surface area contributed by atoms with Crippen LogP contribution in [0.5, 0.6) is 0 Å². The summed E-state index contributed by atoms with van der Waals surface area (Å²) in [7, 11) is 0. The molecule has 0 bridgehead atoms. The molecule has 1 aromatic rings. The summed E-state index contributed by atoms with van der Waals surface area (Å²) in [6.07, 6.45) is 0.372. The van der Waals surface area contributed by atoms with E-state index in [0.29, 0.717) is 13.0 Å². The summed E-state index contributed by atoms with van der Waals surface area (Å²) in [5, 5.41) is 16.8. The van der Waals surface area contributed by atoms with Gasteiger partial charge in [0.05, 0.1) is 11.0 Å². The fourth-order valence-corrected chi connectivity index (χ4v) is 1.86. The number of carbonyl (C=O) groups is 1. The van der Waals surface area contributed by atoms with Gasteiger partial charge in [-0.3, -0.25) is 14.9 Å². The van der Waals surface area contributed by atoms with Crippen LogP contribution in [0.2, 0.25) is 0 Å². The molecule has 2 N–H and O–H groups in total. The normalized spacial score (nSPS) is 12.8. The molecule has 0 fully saturated rings. The van der Waals surface area contributed by atoms with Gasteiger partial charge in [0, 0.05) is 30.6 Å². The minimum absolute atomic E-state index is 0.0219. The summed E-state index contributed by atoms with van der Waals surface area (Å²) in [6, 6.07) is 6.05. The maximum absolute atomic E-state index is 11.8. The van der Waals surface area contributed by atoms with E-state index in [1.54, 1.807) is 12.1 Å². The molecule has 0 aromatic heterocycles. The minimum atomic E-state index is -0.439. The van der Waals surface area contributed by atoms with E-state index in [-0.39, 0.29) is 23.2 Å². The van der Waals surface area contributed by atoms with Gasteiger partial charge in [-0.2, -0.15) is 0 Å². The van der Waals surface area contributed by atoms with Crippen LogP contribution in [0.3, 0.4) is 0 Å². The lowest BCUT2D eigenvalue weighted by Gasteiger charge is -2.20. The third kappa shape index (κ3) is 6.35. The summed E-state index contributed by atoms with van der Waals surface area (Å²) < 4.78 is 0. The summed E-state index contributed by atoms with van der Waals surface area (Å²) in [5.41, 5.74) is 0.732. The lowest BCUT2D eigenvalue weighted by Crippen LogP contribution is -2.38. The van der Waals surface area contributed by atoms with Crippen LogP contribution in [0.1, 0.15) is 45.7 Å². The Kier molecular flexibility index (Phi) is 5.84. The van der Waals surface area contributed by atoms with Gasteiger partial charge in [0.15, 0.2) is 0 Å². The molecule has 21 heavy (non-hydrogen) atoms. The number of nitrogens with one attached hydrogen (secondary N) is 2. The molecule has 6 heteroatoms. The van der Waals surface area contributed by atoms with Crippen LogP contribution in [-0.4, -0.2) is 22.9 Å². The predicted molar refractivity (Wildman–Crippen MR) is 82.0 cm³/mol. The third-order valence-corrected chi connectivity index (χ3v) is 2.97. The quantitative estimate of drug-likeness (QED) is 0.623. The Balaban J connectivity index is 2.52. The number of hydrogen-bond acceptors (Lipinski definition) is 4.